The summed E-state index contributed by atoms with van der Waals surface area (Å²) in [7, 11) is 0. The number of hydrogen-bond donors (Lipinski definition) is 3. The molecule has 0 radical (unpaired) electrons. The second-order valence-electron chi connectivity index (χ2n) is 10.8. The van der Waals surface area contributed by atoms with Crippen LogP contribution in [0.25, 0.3) is 0 Å². The van der Waals surface area contributed by atoms with Gasteiger partial charge in [-0.25, -0.2) is 13.6 Å². The number of amides is 3. The fraction of sp³-hybridized carbons (Fsp3) is 0.375. The molecule has 3 aromatic rings. The van der Waals surface area contributed by atoms with Crippen LogP contribution in [-0.2, 0) is 11.2 Å². The third kappa shape index (κ3) is 8.04. The van der Waals surface area contributed by atoms with Crippen LogP contribution in [0.5, 0.6) is 0 Å². The van der Waals surface area contributed by atoms with Crippen LogP contribution < -0.4 is 20.9 Å². The number of morpholine rings is 1. The minimum Gasteiger partial charge on any atom is -0.379 e. The van der Waals surface area contributed by atoms with Crippen LogP contribution in [0, 0.1) is 17.6 Å². The SMILES string of the molecule is O=C(Nc1ccc(N2CCC(Cc3ccccc3)CC2)c(C(=O)NCCN2CCOCC2)c1)Nc1ccc(F)cc1F. The van der Waals surface area contributed by atoms with Gasteiger partial charge in [-0.3, -0.25) is 9.69 Å². The molecule has 2 aliphatic heterocycles. The van der Waals surface area contributed by atoms with Gasteiger partial charge in [-0.1, -0.05) is 30.3 Å². The molecule has 5 rings (SSSR count). The summed E-state index contributed by atoms with van der Waals surface area (Å²) in [5.74, 6) is -1.26. The molecule has 0 unspecified atom stereocenters. The van der Waals surface area contributed by atoms with Crippen molar-refractivity contribution < 1.29 is 23.1 Å². The van der Waals surface area contributed by atoms with E-state index < -0.39 is 17.7 Å². The number of piperidine rings is 1. The van der Waals surface area contributed by atoms with Crippen molar-refractivity contribution in [3.05, 3.63) is 89.5 Å². The molecule has 3 N–H and O–H groups in total. The molecule has 10 heteroatoms. The number of anilines is 3. The van der Waals surface area contributed by atoms with E-state index in [2.05, 4.69) is 50.0 Å². The lowest BCUT2D eigenvalue weighted by Crippen LogP contribution is -2.41. The van der Waals surface area contributed by atoms with Gasteiger partial charge in [0.15, 0.2) is 0 Å². The van der Waals surface area contributed by atoms with Crippen molar-refractivity contribution >= 4 is 29.0 Å². The molecule has 0 aromatic heterocycles. The Morgan fingerprint density at radius 2 is 1.64 bits per heavy atom. The summed E-state index contributed by atoms with van der Waals surface area (Å²) < 4.78 is 32.7. The van der Waals surface area contributed by atoms with Crippen LogP contribution in [0.3, 0.4) is 0 Å². The number of urea groups is 1. The van der Waals surface area contributed by atoms with Gasteiger partial charge < -0.3 is 25.6 Å². The summed E-state index contributed by atoms with van der Waals surface area (Å²) in [6.07, 6.45) is 3.06. The zero-order valence-corrected chi connectivity index (χ0v) is 23.6. The predicted octanol–water partition coefficient (Wildman–Crippen LogP) is 5.13. The summed E-state index contributed by atoms with van der Waals surface area (Å²) in [5.41, 5.74) is 2.85. The zero-order chi connectivity index (χ0) is 29.3. The topological polar surface area (TPSA) is 85.9 Å². The Kier molecular flexibility index (Phi) is 9.99. The molecule has 222 valence electrons. The molecule has 0 bridgehead atoms. The van der Waals surface area contributed by atoms with Crippen molar-refractivity contribution in [2.75, 3.05) is 68.0 Å². The standard InChI is InChI=1S/C32H37F2N5O3/c33-25-6-8-29(28(34)21-25)37-32(41)36-26-7-9-30(27(22-26)31(40)35-12-15-38-16-18-42-19-17-38)39-13-10-24(11-14-39)20-23-4-2-1-3-5-23/h1-9,21-22,24H,10-20H2,(H,35,40)(H2,36,37,41). The first kappa shape index (κ1) is 29.5. The number of nitrogens with zero attached hydrogens (tertiary/aromatic N) is 2. The van der Waals surface area contributed by atoms with Gasteiger partial charge in [0, 0.05) is 56.7 Å². The number of hydrogen-bond acceptors (Lipinski definition) is 5. The molecule has 0 saturated carbocycles. The van der Waals surface area contributed by atoms with Gasteiger partial charge in [0.2, 0.25) is 0 Å². The van der Waals surface area contributed by atoms with E-state index in [1.165, 1.54) is 5.56 Å². The first-order valence-electron chi connectivity index (χ1n) is 14.5. The van der Waals surface area contributed by atoms with Gasteiger partial charge in [-0.05, 0) is 61.1 Å². The molecule has 3 aromatic carbocycles. The second-order valence-corrected chi connectivity index (χ2v) is 10.8. The lowest BCUT2D eigenvalue weighted by molar-refractivity contribution is 0.0383. The normalized spacial score (nSPS) is 16.2. The minimum absolute atomic E-state index is 0.148. The smallest absolute Gasteiger partial charge is 0.323 e. The van der Waals surface area contributed by atoms with Crippen molar-refractivity contribution in [2.45, 2.75) is 19.3 Å². The van der Waals surface area contributed by atoms with E-state index in [9.17, 15) is 18.4 Å². The minimum atomic E-state index is -0.878. The van der Waals surface area contributed by atoms with E-state index in [4.69, 9.17) is 4.74 Å². The molecule has 0 aliphatic carbocycles. The number of ether oxygens (including phenoxy) is 1. The van der Waals surface area contributed by atoms with Crippen LogP contribution >= 0.6 is 0 Å². The molecule has 0 atom stereocenters. The Morgan fingerprint density at radius 3 is 2.38 bits per heavy atom. The molecule has 2 heterocycles. The van der Waals surface area contributed by atoms with Crippen molar-refractivity contribution in [1.82, 2.24) is 10.2 Å². The van der Waals surface area contributed by atoms with Gasteiger partial charge in [0.1, 0.15) is 11.6 Å². The molecule has 0 spiro atoms. The molecule has 42 heavy (non-hydrogen) atoms. The predicted molar refractivity (Wildman–Crippen MR) is 160 cm³/mol. The number of halogens is 2. The number of benzene rings is 3. The van der Waals surface area contributed by atoms with Crippen molar-refractivity contribution in [3.63, 3.8) is 0 Å². The quantitative estimate of drug-likeness (QED) is 0.328. The Labute approximate surface area is 245 Å². The highest BCUT2D eigenvalue weighted by Crippen LogP contribution is 2.30. The average molecular weight is 578 g/mol. The van der Waals surface area contributed by atoms with E-state index in [-0.39, 0.29) is 11.6 Å². The maximum absolute atomic E-state index is 14.0. The van der Waals surface area contributed by atoms with E-state index in [1.807, 2.05) is 12.1 Å². The first-order valence-corrected chi connectivity index (χ1v) is 14.5. The number of carbonyl (C=O) groups is 2. The van der Waals surface area contributed by atoms with Crippen LogP contribution in [0.15, 0.2) is 66.7 Å². The van der Waals surface area contributed by atoms with Gasteiger partial charge in [0.25, 0.3) is 5.91 Å². The van der Waals surface area contributed by atoms with E-state index in [1.54, 1.807) is 12.1 Å². The summed E-state index contributed by atoms with van der Waals surface area (Å²) in [6.45, 7) is 5.90. The van der Waals surface area contributed by atoms with E-state index >= 15 is 0 Å². The largest absolute Gasteiger partial charge is 0.379 e. The average Bonchev–Trinajstić information content (AvgIpc) is 3.00. The maximum atomic E-state index is 14.0. The Balaban J connectivity index is 1.26. The fourth-order valence-electron chi connectivity index (χ4n) is 5.52. The lowest BCUT2D eigenvalue weighted by atomic mass is 9.89. The Morgan fingerprint density at radius 1 is 0.881 bits per heavy atom. The lowest BCUT2D eigenvalue weighted by Gasteiger charge is -2.35. The van der Waals surface area contributed by atoms with Crippen LogP contribution in [0.4, 0.5) is 30.6 Å². The molecule has 2 fully saturated rings. The molecular weight excluding hydrogens is 540 g/mol. The third-order valence-corrected chi connectivity index (χ3v) is 7.82. The number of carbonyl (C=O) groups excluding carboxylic acids is 2. The van der Waals surface area contributed by atoms with Crippen LogP contribution in [0.2, 0.25) is 0 Å². The Bertz CT molecular complexity index is 1360. The van der Waals surface area contributed by atoms with Crippen LogP contribution in [-0.4, -0.2) is 69.3 Å². The first-order chi connectivity index (χ1) is 20.4. The summed E-state index contributed by atoms with van der Waals surface area (Å²) in [6, 6.07) is 18.0. The van der Waals surface area contributed by atoms with Crippen molar-refractivity contribution in [2.24, 2.45) is 5.92 Å². The summed E-state index contributed by atoms with van der Waals surface area (Å²) in [5, 5.41) is 8.10. The van der Waals surface area contributed by atoms with Crippen molar-refractivity contribution in [3.8, 4) is 0 Å². The maximum Gasteiger partial charge on any atom is 0.323 e. The van der Waals surface area contributed by atoms with E-state index in [0.29, 0.717) is 43.0 Å². The highest BCUT2D eigenvalue weighted by Gasteiger charge is 2.24. The van der Waals surface area contributed by atoms with Crippen molar-refractivity contribution in [1.29, 1.82) is 0 Å². The number of nitrogens with one attached hydrogen (secondary N) is 3. The molecule has 2 saturated heterocycles. The molecule has 3 amide bonds. The van der Waals surface area contributed by atoms with Gasteiger partial charge >= 0.3 is 6.03 Å². The van der Waals surface area contributed by atoms with Gasteiger partial charge in [-0.2, -0.15) is 0 Å². The number of rotatable bonds is 9. The summed E-state index contributed by atoms with van der Waals surface area (Å²) >= 11 is 0. The third-order valence-electron chi connectivity index (χ3n) is 7.82. The molecule has 2 aliphatic rings. The van der Waals surface area contributed by atoms with Crippen LogP contribution in [0.1, 0.15) is 28.8 Å². The molecular formula is C32H37F2N5O3. The fourth-order valence-corrected chi connectivity index (χ4v) is 5.52. The zero-order valence-electron chi connectivity index (χ0n) is 23.6. The second kappa shape index (κ2) is 14.2. The van der Waals surface area contributed by atoms with E-state index in [0.717, 1.165) is 69.8 Å². The Hall–Kier alpha value is -4.02. The molecule has 8 nitrogen and oxygen atoms in total. The summed E-state index contributed by atoms with van der Waals surface area (Å²) in [4.78, 5) is 30.6. The highest BCUT2D eigenvalue weighted by molar-refractivity contribution is 6.04. The van der Waals surface area contributed by atoms with Gasteiger partial charge in [-0.15, -0.1) is 0 Å². The highest BCUT2D eigenvalue weighted by atomic mass is 19.1. The van der Waals surface area contributed by atoms with Gasteiger partial charge in [0.05, 0.1) is 24.5 Å². The monoisotopic (exact) mass is 577 g/mol.